The Bertz CT molecular complexity index is 743. The van der Waals surface area contributed by atoms with Gasteiger partial charge < -0.3 is 5.73 Å². The summed E-state index contributed by atoms with van der Waals surface area (Å²) in [6, 6.07) is 14.4. The Morgan fingerprint density at radius 1 is 0.952 bits per heavy atom. The molecule has 1 atom stereocenters. The normalized spacial score (nSPS) is 13.5. The molecule has 3 rings (SSSR count). The summed E-state index contributed by atoms with van der Waals surface area (Å²) in [7, 11) is 0. The van der Waals surface area contributed by atoms with Gasteiger partial charge in [0.15, 0.2) is 0 Å². The van der Waals surface area contributed by atoms with Crippen molar-refractivity contribution >= 4 is 21.4 Å². The van der Waals surface area contributed by atoms with E-state index in [4.69, 9.17) is 5.73 Å². The van der Waals surface area contributed by atoms with Crippen molar-refractivity contribution in [3.8, 4) is 0 Å². The predicted octanol–water partition coefficient (Wildman–Crippen LogP) is 4.97. The third-order valence-electron chi connectivity index (χ3n) is 3.32. The van der Waals surface area contributed by atoms with E-state index in [1.54, 1.807) is 6.07 Å². The van der Waals surface area contributed by atoms with Crippen LogP contribution in [0.25, 0.3) is 10.1 Å². The van der Waals surface area contributed by atoms with Crippen molar-refractivity contribution in [2.24, 2.45) is 5.73 Å². The molecule has 0 aliphatic heterocycles. The van der Waals surface area contributed by atoms with E-state index in [1.165, 1.54) is 17.4 Å². The lowest BCUT2D eigenvalue weighted by Crippen LogP contribution is -2.12. The number of hydrogen-bond acceptors (Lipinski definition) is 2. The Labute approximate surface area is 123 Å². The van der Waals surface area contributed by atoms with Crippen molar-refractivity contribution in [2.75, 3.05) is 0 Å². The monoisotopic (exact) mass is 307 g/mol. The summed E-state index contributed by atoms with van der Waals surface area (Å²) in [6.45, 7) is 0. The van der Waals surface area contributed by atoms with E-state index in [1.807, 2.05) is 30.3 Å². The van der Waals surface area contributed by atoms with Gasteiger partial charge in [-0.2, -0.15) is 13.2 Å². The first-order valence-electron chi connectivity index (χ1n) is 6.36. The summed E-state index contributed by atoms with van der Waals surface area (Å²) < 4.78 is 39.4. The molecule has 0 saturated carbocycles. The molecular weight excluding hydrogens is 295 g/mol. The summed E-state index contributed by atoms with van der Waals surface area (Å²) in [5.41, 5.74) is 5.93. The standard InChI is InChI=1S/C16H12F3NS/c17-16(18,19)12-6-3-5-11(8-12)15(20)14-9-10-4-1-2-7-13(10)21-14/h1-9,15H,20H2. The Balaban J connectivity index is 1.99. The van der Waals surface area contributed by atoms with Gasteiger partial charge in [-0.1, -0.05) is 30.3 Å². The fraction of sp³-hybridized carbons (Fsp3) is 0.125. The summed E-state index contributed by atoms with van der Waals surface area (Å²) in [6.07, 6.45) is -4.35. The van der Waals surface area contributed by atoms with Gasteiger partial charge in [0.25, 0.3) is 0 Å². The van der Waals surface area contributed by atoms with Crippen LogP contribution in [-0.2, 0) is 6.18 Å². The van der Waals surface area contributed by atoms with Crippen LogP contribution < -0.4 is 5.73 Å². The number of alkyl halides is 3. The van der Waals surface area contributed by atoms with Gasteiger partial charge in [-0.15, -0.1) is 11.3 Å². The molecule has 0 amide bonds. The second kappa shape index (κ2) is 5.16. The fourth-order valence-electron chi connectivity index (χ4n) is 2.23. The van der Waals surface area contributed by atoms with Crippen LogP contribution in [0.3, 0.4) is 0 Å². The highest BCUT2D eigenvalue weighted by Gasteiger charge is 2.30. The summed E-state index contributed by atoms with van der Waals surface area (Å²) in [4.78, 5) is 0.857. The lowest BCUT2D eigenvalue weighted by molar-refractivity contribution is -0.137. The maximum Gasteiger partial charge on any atom is 0.416 e. The Hall–Kier alpha value is -1.85. The molecule has 0 bridgehead atoms. The third-order valence-corrected chi connectivity index (χ3v) is 4.52. The average Bonchev–Trinajstić information content (AvgIpc) is 2.89. The van der Waals surface area contributed by atoms with Crippen molar-refractivity contribution in [1.82, 2.24) is 0 Å². The Kier molecular flexibility index (Phi) is 3.47. The lowest BCUT2D eigenvalue weighted by atomic mass is 10.0. The molecular formula is C16H12F3NS. The number of halogens is 3. The summed E-state index contributed by atoms with van der Waals surface area (Å²) >= 11 is 1.51. The van der Waals surface area contributed by atoms with E-state index in [0.29, 0.717) is 5.56 Å². The van der Waals surface area contributed by atoms with E-state index in [-0.39, 0.29) is 0 Å². The van der Waals surface area contributed by atoms with E-state index in [0.717, 1.165) is 27.1 Å². The van der Waals surface area contributed by atoms with Crippen LogP contribution in [0, 0.1) is 0 Å². The molecule has 0 spiro atoms. The molecule has 1 unspecified atom stereocenters. The van der Waals surface area contributed by atoms with Gasteiger partial charge in [0.2, 0.25) is 0 Å². The van der Waals surface area contributed by atoms with E-state index in [9.17, 15) is 13.2 Å². The first kappa shape index (κ1) is 14.1. The zero-order chi connectivity index (χ0) is 15.0. The number of nitrogens with two attached hydrogens (primary N) is 1. The number of rotatable bonds is 2. The molecule has 108 valence electrons. The van der Waals surface area contributed by atoms with Gasteiger partial charge in [0.05, 0.1) is 11.6 Å². The largest absolute Gasteiger partial charge is 0.416 e. The minimum absolute atomic E-state index is 0.469. The third kappa shape index (κ3) is 2.80. The number of hydrogen-bond donors (Lipinski definition) is 1. The van der Waals surface area contributed by atoms with Crippen molar-refractivity contribution < 1.29 is 13.2 Å². The van der Waals surface area contributed by atoms with Gasteiger partial charge in [0, 0.05) is 9.58 Å². The highest BCUT2D eigenvalue weighted by atomic mass is 32.1. The van der Waals surface area contributed by atoms with Crippen LogP contribution in [-0.4, -0.2) is 0 Å². The van der Waals surface area contributed by atoms with E-state index in [2.05, 4.69) is 0 Å². The zero-order valence-electron chi connectivity index (χ0n) is 10.9. The van der Waals surface area contributed by atoms with Crippen molar-refractivity contribution in [2.45, 2.75) is 12.2 Å². The molecule has 21 heavy (non-hydrogen) atoms. The van der Waals surface area contributed by atoms with Gasteiger partial charge in [-0.05, 0) is 35.2 Å². The van der Waals surface area contributed by atoms with E-state index < -0.39 is 17.8 Å². The van der Waals surface area contributed by atoms with Crippen LogP contribution in [0.15, 0.2) is 54.6 Å². The number of fused-ring (bicyclic) bond motifs is 1. The van der Waals surface area contributed by atoms with Gasteiger partial charge >= 0.3 is 6.18 Å². The predicted molar refractivity (Wildman–Crippen MR) is 79.3 cm³/mol. The fourth-order valence-corrected chi connectivity index (χ4v) is 3.32. The van der Waals surface area contributed by atoms with Crippen LogP contribution in [0.5, 0.6) is 0 Å². The second-order valence-electron chi connectivity index (χ2n) is 4.79. The highest BCUT2D eigenvalue weighted by Crippen LogP contribution is 2.34. The molecule has 1 heterocycles. The molecule has 2 aromatic carbocycles. The van der Waals surface area contributed by atoms with Gasteiger partial charge in [-0.3, -0.25) is 0 Å². The van der Waals surface area contributed by atoms with Crippen molar-refractivity contribution in [3.63, 3.8) is 0 Å². The molecule has 0 radical (unpaired) electrons. The molecule has 0 saturated heterocycles. The minimum atomic E-state index is -4.35. The zero-order valence-corrected chi connectivity index (χ0v) is 11.7. The Morgan fingerprint density at radius 3 is 2.43 bits per heavy atom. The van der Waals surface area contributed by atoms with Crippen LogP contribution in [0.2, 0.25) is 0 Å². The molecule has 0 aliphatic rings. The number of benzene rings is 2. The van der Waals surface area contributed by atoms with E-state index >= 15 is 0 Å². The van der Waals surface area contributed by atoms with Crippen LogP contribution in [0.1, 0.15) is 22.0 Å². The summed E-state index contributed by atoms with van der Waals surface area (Å²) in [5.74, 6) is 0. The van der Waals surface area contributed by atoms with Gasteiger partial charge in [-0.25, -0.2) is 0 Å². The molecule has 1 nitrogen and oxygen atoms in total. The lowest BCUT2D eigenvalue weighted by Gasteiger charge is -2.13. The number of thiophene rings is 1. The van der Waals surface area contributed by atoms with Gasteiger partial charge in [0.1, 0.15) is 0 Å². The SMILES string of the molecule is NC(c1cccc(C(F)(F)F)c1)c1cc2ccccc2s1. The van der Waals surface area contributed by atoms with Crippen molar-refractivity contribution in [1.29, 1.82) is 0 Å². The smallest absolute Gasteiger partial charge is 0.320 e. The first-order chi connectivity index (χ1) is 9.95. The Morgan fingerprint density at radius 2 is 1.71 bits per heavy atom. The topological polar surface area (TPSA) is 26.0 Å². The quantitative estimate of drug-likeness (QED) is 0.711. The first-order valence-corrected chi connectivity index (χ1v) is 7.18. The average molecular weight is 307 g/mol. The molecule has 5 heteroatoms. The molecule has 0 aliphatic carbocycles. The minimum Gasteiger partial charge on any atom is -0.320 e. The second-order valence-corrected chi connectivity index (χ2v) is 5.90. The molecule has 2 N–H and O–H groups in total. The molecule has 1 aromatic heterocycles. The molecule has 3 aromatic rings. The maximum atomic E-state index is 12.8. The summed E-state index contributed by atoms with van der Waals surface area (Å²) in [5, 5.41) is 1.06. The maximum absolute atomic E-state index is 12.8. The van der Waals surface area contributed by atoms with Crippen molar-refractivity contribution in [3.05, 3.63) is 70.6 Å². The highest BCUT2D eigenvalue weighted by molar-refractivity contribution is 7.19. The van der Waals surface area contributed by atoms with Crippen LogP contribution in [0.4, 0.5) is 13.2 Å². The van der Waals surface area contributed by atoms with Crippen LogP contribution >= 0.6 is 11.3 Å². The molecule has 0 fully saturated rings.